The first-order chi connectivity index (χ1) is 18.3. The van der Waals surface area contributed by atoms with Crippen molar-refractivity contribution in [1.29, 1.82) is 0 Å². The highest BCUT2D eigenvalue weighted by Crippen LogP contribution is 2.32. The summed E-state index contributed by atoms with van der Waals surface area (Å²) < 4.78 is 7.04. The van der Waals surface area contributed by atoms with Gasteiger partial charge in [-0.3, -0.25) is 4.57 Å². The van der Waals surface area contributed by atoms with Gasteiger partial charge in [0, 0.05) is 30.2 Å². The monoisotopic (exact) mass is 541 g/mol. The number of fused-ring (bicyclic) bond motifs is 1. The van der Waals surface area contributed by atoms with E-state index in [1.54, 1.807) is 29.2 Å². The van der Waals surface area contributed by atoms with Gasteiger partial charge in [0.25, 0.3) is 0 Å². The van der Waals surface area contributed by atoms with Crippen molar-refractivity contribution in [1.82, 2.24) is 24.4 Å². The van der Waals surface area contributed by atoms with Crippen LogP contribution in [0.5, 0.6) is 0 Å². The third-order valence-electron chi connectivity index (χ3n) is 6.81. The molecule has 2 aliphatic heterocycles. The van der Waals surface area contributed by atoms with Gasteiger partial charge in [0.15, 0.2) is 17.7 Å². The number of amides is 2. The van der Waals surface area contributed by atoms with Gasteiger partial charge < -0.3 is 36.0 Å². The number of anilines is 2. The molecule has 4 heterocycles. The Kier molecular flexibility index (Phi) is 7.64. The molecule has 2 aromatic heterocycles. The lowest BCUT2D eigenvalue weighted by atomic mass is 9.94. The van der Waals surface area contributed by atoms with Crippen molar-refractivity contribution < 1.29 is 24.9 Å². The number of aromatic nitrogens is 4. The fourth-order valence-electron chi connectivity index (χ4n) is 4.67. The Morgan fingerprint density at radius 1 is 1.24 bits per heavy atom. The molecule has 1 aromatic carbocycles. The van der Waals surface area contributed by atoms with E-state index in [-0.39, 0.29) is 17.7 Å². The quantitative estimate of drug-likeness (QED) is 0.306. The fraction of sp³-hybridized carbons (Fsp3) is 0.440. The number of hydrogen-bond acceptors (Lipinski definition) is 9. The summed E-state index contributed by atoms with van der Waals surface area (Å²) in [7, 11) is 0. The normalized spacial score (nSPS) is 23.8. The van der Waals surface area contributed by atoms with Crippen molar-refractivity contribution in [2.45, 2.75) is 43.8 Å². The highest BCUT2D eigenvalue weighted by molar-refractivity contribution is 6.30. The number of hydrogen-bond donors (Lipinski definition) is 5. The number of ether oxygens (including phenoxy) is 1. The van der Waals surface area contributed by atoms with E-state index < -0.39 is 31.1 Å². The Morgan fingerprint density at radius 2 is 2.03 bits per heavy atom. The maximum atomic E-state index is 12.6. The van der Waals surface area contributed by atoms with Crippen LogP contribution < -0.4 is 11.1 Å². The summed E-state index contributed by atoms with van der Waals surface area (Å²) in [4.78, 5) is 27.2. The molecule has 38 heavy (non-hydrogen) atoms. The van der Waals surface area contributed by atoms with Gasteiger partial charge in [-0.25, -0.2) is 19.7 Å². The molecule has 2 aliphatic rings. The third-order valence-corrected chi connectivity index (χ3v) is 7.04. The van der Waals surface area contributed by atoms with Crippen LogP contribution in [0.25, 0.3) is 11.2 Å². The zero-order chi connectivity index (χ0) is 26.8. The molecular weight excluding hydrogens is 514 g/mol. The van der Waals surface area contributed by atoms with E-state index in [1.165, 1.54) is 10.9 Å². The molecule has 0 bridgehead atoms. The second-order valence-electron chi connectivity index (χ2n) is 9.36. The number of nitrogens with two attached hydrogens (primary N) is 1. The van der Waals surface area contributed by atoms with Crippen LogP contribution in [0.4, 0.5) is 16.3 Å². The van der Waals surface area contributed by atoms with Gasteiger partial charge in [-0.15, -0.1) is 0 Å². The number of nitrogens with one attached hydrogen (secondary N) is 1. The number of piperidine rings is 1. The van der Waals surface area contributed by atoms with E-state index >= 15 is 0 Å². The number of urea groups is 1. The maximum absolute atomic E-state index is 12.6. The van der Waals surface area contributed by atoms with Crippen LogP contribution in [0, 0.1) is 17.8 Å². The predicted molar refractivity (Wildman–Crippen MR) is 139 cm³/mol. The lowest BCUT2D eigenvalue weighted by Gasteiger charge is -2.31. The third kappa shape index (κ3) is 5.38. The molecule has 5 rings (SSSR count). The Labute approximate surface area is 223 Å². The van der Waals surface area contributed by atoms with Crippen LogP contribution in [-0.2, 0) is 4.74 Å². The first kappa shape index (κ1) is 26.1. The minimum Gasteiger partial charge on any atom is -0.394 e. The minimum atomic E-state index is -1.28. The molecule has 0 spiro atoms. The lowest BCUT2D eigenvalue weighted by molar-refractivity contribution is -0.0511. The Balaban J connectivity index is 1.21. The van der Waals surface area contributed by atoms with Crippen molar-refractivity contribution in [3.05, 3.63) is 41.4 Å². The summed E-state index contributed by atoms with van der Waals surface area (Å²) >= 11 is 5.99. The molecule has 0 radical (unpaired) electrons. The first-order valence-electron chi connectivity index (χ1n) is 12.3. The number of nitrogen functional groups attached to an aromatic ring is 1. The Morgan fingerprint density at radius 3 is 2.74 bits per heavy atom. The molecule has 2 saturated heterocycles. The summed E-state index contributed by atoms with van der Waals surface area (Å²) in [5.74, 6) is 6.72. The zero-order valence-corrected chi connectivity index (χ0v) is 21.1. The van der Waals surface area contributed by atoms with Crippen LogP contribution >= 0.6 is 11.6 Å². The Bertz CT molecular complexity index is 1380. The standard InChI is InChI=1S/C25H28ClN7O5/c26-15-4-2-5-16(11-15)29-25(37)32-9-7-14(8-10-32)3-1-6-18-30-22(27)19-23(31-18)33(13-28-19)24-21(36)20(35)17(12-34)38-24/h2,4-5,11,13-14,17,20-21,24,34-36H,3,7-10,12H2,(H,29,37)(H2,27,30,31)/t17-,20?,21?,24-/m1/s1. The van der Waals surface area contributed by atoms with Gasteiger partial charge in [0.1, 0.15) is 23.8 Å². The van der Waals surface area contributed by atoms with Crippen LogP contribution in [-0.4, -0.2) is 83.8 Å². The number of aliphatic hydroxyl groups is 3. The van der Waals surface area contributed by atoms with Crippen LogP contribution in [0.1, 0.15) is 31.3 Å². The summed E-state index contributed by atoms with van der Waals surface area (Å²) in [6.45, 7) is 0.802. The van der Waals surface area contributed by atoms with Crippen LogP contribution in [0.2, 0.25) is 5.02 Å². The lowest BCUT2D eigenvalue weighted by Crippen LogP contribution is -2.41. The molecule has 200 valence electrons. The molecule has 0 saturated carbocycles. The van der Waals surface area contributed by atoms with Crippen molar-refractivity contribution >= 4 is 40.3 Å². The van der Waals surface area contributed by atoms with E-state index in [0.717, 1.165) is 12.8 Å². The number of likely N-dealkylation sites (tertiary alicyclic amines) is 1. The second-order valence-corrected chi connectivity index (χ2v) is 9.80. The van der Waals surface area contributed by atoms with Crippen LogP contribution in [0.3, 0.4) is 0 Å². The number of aliphatic hydroxyl groups excluding tert-OH is 3. The summed E-state index contributed by atoms with van der Waals surface area (Å²) in [6, 6.07) is 6.89. The molecule has 2 fully saturated rings. The van der Waals surface area contributed by atoms with Gasteiger partial charge in [0.2, 0.25) is 5.82 Å². The molecule has 4 atom stereocenters. The summed E-state index contributed by atoms with van der Waals surface area (Å²) in [5.41, 5.74) is 7.34. The molecule has 2 amide bonds. The van der Waals surface area contributed by atoms with Gasteiger partial charge in [-0.05, 0) is 42.9 Å². The van der Waals surface area contributed by atoms with E-state index in [9.17, 15) is 20.1 Å². The first-order valence-corrected chi connectivity index (χ1v) is 12.6. The minimum absolute atomic E-state index is 0.129. The van der Waals surface area contributed by atoms with Gasteiger partial charge in [-0.1, -0.05) is 23.6 Å². The molecule has 0 aliphatic carbocycles. The van der Waals surface area contributed by atoms with Crippen LogP contribution in [0.15, 0.2) is 30.6 Å². The number of rotatable bonds is 4. The Hall–Kier alpha value is -3.47. The van der Waals surface area contributed by atoms with Crippen molar-refractivity contribution in [3.8, 4) is 11.8 Å². The molecule has 3 aromatic rings. The zero-order valence-electron chi connectivity index (χ0n) is 20.4. The SMILES string of the molecule is Nc1nc(C#CCC2CCN(C(=O)Nc3cccc(Cl)c3)CC2)nc2c1ncn2[C@@H]1O[C@H](CO)C(O)C1O. The number of imidazole rings is 1. The summed E-state index contributed by atoms with van der Waals surface area (Å²) in [5, 5.41) is 33.3. The average molecular weight is 542 g/mol. The number of carbonyl (C=O) groups excluding carboxylic acids is 1. The number of nitrogens with zero attached hydrogens (tertiary/aromatic N) is 5. The number of carbonyl (C=O) groups is 1. The van der Waals surface area contributed by atoms with E-state index in [2.05, 4.69) is 32.1 Å². The topological polar surface area (TPSA) is 172 Å². The smallest absolute Gasteiger partial charge is 0.321 e. The van der Waals surface area contributed by atoms with Crippen molar-refractivity contribution in [3.63, 3.8) is 0 Å². The predicted octanol–water partition coefficient (Wildman–Crippen LogP) is 1.36. The van der Waals surface area contributed by atoms with E-state index in [1.807, 2.05) is 0 Å². The fourth-order valence-corrected chi connectivity index (χ4v) is 4.86. The number of halogens is 1. The van der Waals surface area contributed by atoms with Gasteiger partial charge >= 0.3 is 6.03 Å². The molecule has 2 unspecified atom stereocenters. The van der Waals surface area contributed by atoms with E-state index in [0.29, 0.717) is 47.3 Å². The highest BCUT2D eigenvalue weighted by atomic mass is 35.5. The highest BCUT2D eigenvalue weighted by Gasteiger charge is 2.44. The molecule has 13 heteroatoms. The largest absolute Gasteiger partial charge is 0.394 e. The number of benzene rings is 1. The second kappa shape index (κ2) is 11.1. The maximum Gasteiger partial charge on any atom is 0.321 e. The van der Waals surface area contributed by atoms with E-state index in [4.69, 9.17) is 22.1 Å². The molecule has 6 N–H and O–H groups in total. The molecule has 12 nitrogen and oxygen atoms in total. The molecular formula is C25H28ClN7O5. The summed E-state index contributed by atoms with van der Waals surface area (Å²) in [6.07, 6.45) is -0.828. The van der Waals surface area contributed by atoms with Gasteiger partial charge in [0.05, 0.1) is 12.9 Å². The van der Waals surface area contributed by atoms with Crippen molar-refractivity contribution in [2.75, 3.05) is 30.7 Å². The van der Waals surface area contributed by atoms with Crippen molar-refractivity contribution in [2.24, 2.45) is 5.92 Å². The van der Waals surface area contributed by atoms with Gasteiger partial charge in [-0.2, -0.15) is 0 Å². The average Bonchev–Trinajstić information content (AvgIpc) is 3.45.